The van der Waals surface area contributed by atoms with E-state index in [-0.39, 0.29) is 0 Å². The molecule has 0 aliphatic rings. The van der Waals surface area contributed by atoms with E-state index in [1.165, 1.54) is 11.1 Å². The molecule has 0 N–H and O–H groups in total. The standard InChI is InChI=1S/C22H22N2O/c1-13(2)11-16-9-10-23-19(12-16)17-7-5-14(3)20-18-8-6-15(4)24-22(18)25-21(17)20/h5-10,12-13H,11H2,1-4H3. The van der Waals surface area contributed by atoms with Crippen molar-refractivity contribution in [1.82, 2.24) is 9.97 Å². The molecule has 0 radical (unpaired) electrons. The van der Waals surface area contributed by atoms with Gasteiger partial charge in [-0.05, 0) is 67.6 Å². The molecule has 126 valence electrons. The first kappa shape index (κ1) is 15.8. The van der Waals surface area contributed by atoms with E-state index >= 15 is 0 Å². The zero-order chi connectivity index (χ0) is 17.6. The van der Waals surface area contributed by atoms with E-state index in [2.05, 4.69) is 61.1 Å². The second-order valence-electron chi connectivity index (χ2n) is 7.19. The largest absolute Gasteiger partial charge is 0.437 e. The average Bonchev–Trinajstić information content (AvgIpc) is 2.93. The van der Waals surface area contributed by atoms with E-state index in [9.17, 15) is 0 Å². The zero-order valence-electron chi connectivity index (χ0n) is 15.1. The molecular weight excluding hydrogens is 308 g/mol. The number of fused-ring (bicyclic) bond motifs is 3. The van der Waals surface area contributed by atoms with E-state index in [4.69, 9.17) is 4.42 Å². The maximum atomic E-state index is 6.17. The molecule has 0 bridgehead atoms. The molecule has 0 aliphatic heterocycles. The van der Waals surface area contributed by atoms with Gasteiger partial charge in [0.1, 0.15) is 5.58 Å². The van der Waals surface area contributed by atoms with Gasteiger partial charge in [0.15, 0.2) is 0 Å². The van der Waals surface area contributed by atoms with Crippen LogP contribution in [0.5, 0.6) is 0 Å². The molecule has 0 atom stereocenters. The molecule has 3 nitrogen and oxygen atoms in total. The van der Waals surface area contributed by atoms with Crippen molar-refractivity contribution in [3.05, 3.63) is 59.4 Å². The molecule has 1 aromatic carbocycles. The van der Waals surface area contributed by atoms with Gasteiger partial charge in [0.2, 0.25) is 5.71 Å². The van der Waals surface area contributed by atoms with Crippen LogP contribution in [0.4, 0.5) is 0 Å². The summed E-state index contributed by atoms with van der Waals surface area (Å²) in [5.74, 6) is 0.617. The van der Waals surface area contributed by atoms with Crippen molar-refractivity contribution in [2.75, 3.05) is 0 Å². The molecule has 25 heavy (non-hydrogen) atoms. The molecule has 0 aliphatic carbocycles. The molecule has 3 heteroatoms. The molecule has 0 amide bonds. The van der Waals surface area contributed by atoms with Gasteiger partial charge in [0, 0.05) is 28.2 Å². The van der Waals surface area contributed by atoms with Gasteiger partial charge in [-0.3, -0.25) is 4.98 Å². The molecule has 4 aromatic rings. The Labute approximate surface area is 147 Å². The van der Waals surface area contributed by atoms with Gasteiger partial charge >= 0.3 is 0 Å². The van der Waals surface area contributed by atoms with Crippen LogP contribution in [0, 0.1) is 19.8 Å². The predicted octanol–water partition coefficient (Wildman–Crippen LogP) is 5.86. The van der Waals surface area contributed by atoms with Crippen LogP contribution >= 0.6 is 0 Å². The van der Waals surface area contributed by atoms with Gasteiger partial charge in [-0.15, -0.1) is 0 Å². The van der Waals surface area contributed by atoms with Crippen LogP contribution in [0.1, 0.15) is 30.7 Å². The third kappa shape index (κ3) is 2.80. The van der Waals surface area contributed by atoms with Crippen molar-refractivity contribution in [2.24, 2.45) is 5.92 Å². The van der Waals surface area contributed by atoms with Crippen molar-refractivity contribution in [1.29, 1.82) is 0 Å². The minimum atomic E-state index is 0.617. The monoisotopic (exact) mass is 330 g/mol. The fraction of sp³-hybridized carbons (Fsp3) is 0.273. The molecule has 3 heterocycles. The average molecular weight is 330 g/mol. The molecule has 0 fully saturated rings. The number of furan rings is 1. The van der Waals surface area contributed by atoms with Crippen molar-refractivity contribution in [3.63, 3.8) is 0 Å². The number of hydrogen-bond acceptors (Lipinski definition) is 3. The summed E-state index contributed by atoms with van der Waals surface area (Å²) in [4.78, 5) is 9.16. The number of benzene rings is 1. The number of rotatable bonds is 3. The Bertz CT molecular complexity index is 1080. The second kappa shape index (κ2) is 5.99. The van der Waals surface area contributed by atoms with Crippen LogP contribution in [0.15, 0.2) is 47.0 Å². The van der Waals surface area contributed by atoms with Crippen molar-refractivity contribution in [2.45, 2.75) is 34.1 Å². The minimum Gasteiger partial charge on any atom is -0.437 e. The Morgan fingerprint density at radius 3 is 2.68 bits per heavy atom. The molecule has 0 spiro atoms. The number of aromatic nitrogens is 2. The summed E-state index contributed by atoms with van der Waals surface area (Å²) in [5.41, 5.74) is 7.02. The first-order valence-electron chi connectivity index (χ1n) is 8.77. The molecule has 3 aromatic heterocycles. The highest BCUT2D eigenvalue weighted by molar-refractivity contribution is 6.10. The lowest BCUT2D eigenvalue weighted by Gasteiger charge is -2.08. The summed E-state index contributed by atoms with van der Waals surface area (Å²) in [5, 5.41) is 2.20. The van der Waals surface area contributed by atoms with Crippen LogP contribution in [0.25, 0.3) is 33.3 Å². The Morgan fingerprint density at radius 2 is 1.88 bits per heavy atom. The maximum absolute atomic E-state index is 6.17. The Morgan fingerprint density at radius 1 is 1.04 bits per heavy atom. The number of aryl methyl sites for hydroxylation is 2. The minimum absolute atomic E-state index is 0.617. The summed E-state index contributed by atoms with van der Waals surface area (Å²) >= 11 is 0. The lowest BCUT2D eigenvalue weighted by atomic mass is 9.99. The Hall–Kier alpha value is -2.68. The summed E-state index contributed by atoms with van der Waals surface area (Å²) in [6, 6.07) is 12.7. The highest BCUT2D eigenvalue weighted by Crippen LogP contribution is 2.36. The van der Waals surface area contributed by atoms with Crippen LogP contribution in [-0.2, 0) is 6.42 Å². The normalized spacial score (nSPS) is 11.7. The van der Waals surface area contributed by atoms with Crippen molar-refractivity contribution in [3.8, 4) is 11.3 Å². The van der Waals surface area contributed by atoms with Crippen LogP contribution in [0.2, 0.25) is 0 Å². The lowest BCUT2D eigenvalue weighted by Crippen LogP contribution is -1.95. The molecule has 4 rings (SSSR count). The SMILES string of the molecule is Cc1ccc2c(n1)oc1c(-c3cc(CC(C)C)ccn3)ccc(C)c12. The number of nitrogens with zero attached hydrogens (tertiary/aromatic N) is 2. The van der Waals surface area contributed by atoms with Crippen LogP contribution in [-0.4, -0.2) is 9.97 Å². The topological polar surface area (TPSA) is 38.9 Å². The van der Waals surface area contributed by atoms with E-state index in [1.807, 2.05) is 19.2 Å². The fourth-order valence-electron chi connectivity index (χ4n) is 3.44. The zero-order valence-corrected chi connectivity index (χ0v) is 15.1. The predicted molar refractivity (Wildman–Crippen MR) is 103 cm³/mol. The van der Waals surface area contributed by atoms with E-state index in [0.29, 0.717) is 11.6 Å². The molecular formula is C22H22N2O. The molecule has 0 saturated carbocycles. The van der Waals surface area contributed by atoms with Crippen LogP contribution < -0.4 is 0 Å². The maximum Gasteiger partial charge on any atom is 0.227 e. The first-order valence-corrected chi connectivity index (χ1v) is 8.77. The van der Waals surface area contributed by atoms with Gasteiger partial charge in [-0.1, -0.05) is 19.9 Å². The highest BCUT2D eigenvalue weighted by atomic mass is 16.3. The van der Waals surface area contributed by atoms with Gasteiger partial charge < -0.3 is 4.42 Å². The van der Waals surface area contributed by atoms with Gasteiger partial charge in [-0.2, -0.15) is 0 Å². The Kier molecular flexibility index (Phi) is 3.79. The number of pyridine rings is 2. The molecule has 0 saturated heterocycles. The Balaban J connectivity index is 1.96. The smallest absolute Gasteiger partial charge is 0.227 e. The third-order valence-electron chi connectivity index (χ3n) is 4.58. The van der Waals surface area contributed by atoms with Crippen molar-refractivity contribution >= 4 is 22.1 Å². The van der Waals surface area contributed by atoms with Gasteiger partial charge in [0.05, 0.1) is 5.69 Å². The summed E-state index contributed by atoms with van der Waals surface area (Å²) in [6.07, 6.45) is 2.94. The van der Waals surface area contributed by atoms with Crippen molar-refractivity contribution < 1.29 is 4.42 Å². The highest BCUT2D eigenvalue weighted by Gasteiger charge is 2.16. The third-order valence-corrected chi connectivity index (χ3v) is 4.58. The number of hydrogen-bond donors (Lipinski definition) is 0. The quantitative estimate of drug-likeness (QED) is 0.472. The molecule has 0 unspecified atom stereocenters. The summed E-state index contributed by atoms with van der Waals surface area (Å²) in [7, 11) is 0. The summed E-state index contributed by atoms with van der Waals surface area (Å²) < 4.78 is 6.17. The first-order chi connectivity index (χ1) is 12.0. The summed E-state index contributed by atoms with van der Waals surface area (Å²) in [6.45, 7) is 8.57. The fourth-order valence-corrected chi connectivity index (χ4v) is 3.44. The van der Waals surface area contributed by atoms with E-state index < -0.39 is 0 Å². The van der Waals surface area contributed by atoms with Gasteiger partial charge in [0.25, 0.3) is 0 Å². The van der Waals surface area contributed by atoms with Gasteiger partial charge in [-0.25, -0.2) is 4.98 Å². The second-order valence-corrected chi connectivity index (χ2v) is 7.19. The van der Waals surface area contributed by atoms with E-state index in [0.717, 1.165) is 39.7 Å². The van der Waals surface area contributed by atoms with E-state index in [1.54, 1.807) is 0 Å². The van der Waals surface area contributed by atoms with Crippen LogP contribution in [0.3, 0.4) is 0 Å². The lowest BCUT2D eigenvalue weighted by molar-refractivity contribution is 0.646.